The van der Waals surface area contributed by atoms with Gasteiger partial charge in [-0.3, -0.25) is 4.79 Å². The zero-order valence-electron chi connectivity index (χ0n) is 12.0. The summed E-state index contributed by atoms with van der Waals surface area (Å²) >= 11 is 1.40. The Balaban J connectivity index is 1.61. The molecular weight excluding hydrogens is 300 g/mol. The molecule has 2 N–H and O–H groups in total. The zero-order chi connectivity index (χ0) is 15.5. The predicted molar refractivity (Wildman–Crippen MR) is 86.3 cm³/mol. The van der Waals surface area contributed by atoms with E-state index in [4.69, 9.17) is 4.74 Å². The van der Waals surface area contributed by atoms with Crippen molar-refractivity contribution in [3.05, 3.63) is 46.7 Å². The lowest BCUT2D eigenvalue weighted by molar-refractivity contribution is -0.141. The highest BCUT2D eigenvalue weighted by Crippen LogP contribution is 2.21. The summed E-state index contributed by atoms with van der Waals surface area (Å²) in [5.41, 5.74) is 1.54. The number of rotatable bonds is 4. The third kappa shape index (κ3) is 3.28. The number of hydrogen-bond donors (Lipinski definition) is 2. The Bertz CT molecular complexity index is 667. The molecule has 1 aromatic heterocycles. The molecule has 1 aliphatic rings. The number of anilines is 2. The van der Waals surface area contributed by atoms with Crippen LogP contribution >= 0.6 is 11.3 Å². The van der Waals surface area contributed by atoms with E-state index in [-0.39, 0.29) is 24.0 Å². The fraction of sp³-hybridized carbons (Fsp3) is 0.250. The van der Waals surface area contributed by atoms with E-state index in [2.05, 4.69) is 10.6 Å². The lowest BCUT2D eigenvalue weighted by Crippen LogP contribution is -2.24. The molecule has 1 aliphatic heterocycles. The Hall–Kier alpha value is -2.34. The van der Waals surface area contributed by atoms with E-state index in [0.29, 0.717) is 17.0 Å². The molecule has 0 aliphatic carbocycles. The predicted octanol–water partition coefficient (Wildman–Crippen LogP) is 3.12. The van der Waals surface area contributed by atoms with Gasteiger partial charge < -0.3 is 15.4 Å². The molecule has 2 atom stereocenters. The van der Waals surface area contributed by atoms with Gasteiger partial charge in [0.2, 0.25) is 0 Å². The van der Waals surface area contributed by atoms with Gasteiger partial charge in [0.1, 0.15) is 12.1 Å². The first-order chi connectivity index (χ1) is 10.6. The third-order valence-corrected chi connectivity index (χ3v) is 4.27. The molecule has 5 nitrogen and oxygen atoms in total. The van der Waals surface area contributed by atoms with Crippen LogP contribution in [0.1, 0.15) is 23.0 Å². The summed E-state index contributed by atoms with van der Waals surface area (Å²) in [6.07, 6.45) is 0.616. The van der Waals surface area contributed by atoms with E-state index in [1.54, 1.807) is 18.2 Å². The minimum Gasteiger partial charge on any atom is -0.461 e. The van der Waals surface area contributed by atoms with E-state index < -0.39 is 0 Å². The van der Waals surface area contributed by atoms with E-state index >= 15 is 0 Å². The van der Waals surface area contributed by atoms with Crippen molar-refractivity contribution >= 4 is 34.6 Å². The van der Waals surface area contributed by atoms with Crippen LogP contribution in [-0.4, -0.2) is 24.0 Å². The molecule has 1 fully saturated rings. The summed E-state index contributed by atoms with van der Waals surface area (Å²) in [7, 11) is 0. The van der Waals surface area contributed by atoms with Crippen molar-refractivity contribution < 1.29 is 14.3 Å². The number of cyclic esters (lactones) is 1. The highest BCUT2D eigenvalue weighted by Gasteiger charge is 2.31. The standard InChI is InChI=1S/C16H16N2O3S/c1-10-9-13(16(20)21-10)17-11-4-6-12(7-5-11)18-15(19)14-3-2-8-22-14/h2-8,10,13,17H,9H2,1H3,(H,18,19)/t10-,13-/m1/s1. The molecule has 1 aromatic carbocycles. The van der Waals surface area contributed by atoms with Gasteiger partial charge in [0.25, 0.3) is 5.91 Å². The van der Waals surface area contributed by atoms with Crippen molar-refractivity contribution in [2.45, 2.75) is 25.5 Å². The molecule has 2 aromatic rings. The van der Waals surface area contributed by atoms with E-state index in [9.17, 15) is 9.59 Å². The molecule has 0 unspecified atom stereocenters. The smallest absolute Gasteiger partial charge is 0.328 e. The van der Waals surface area contributed by atoms with Gasteiger partial charge in [-0.2, -0.15) is 0 Å². The van der Waals surface area contributed by atoms with Gasteiger partial charge in [0.05, 0.1) is 4.88 Å². The molecular formula is C16H16N2O3S. The average molecular weight is 316 g/mol. The molecule has 3 rings (SSSR count). The maximum atomic E-state index is 11.9. The Morgan fingerprint density at radius 3 is 2.55 bits per heavy atom. The molecule has 114 valence electrons. The first kappa shape index (κ1) is 14.6. The van der Waals surface area contributed by atoms with E-state index in [1.807, 2.05) is 30.5 Å². The van der Waals surface area contributed by atoms with Gasteiger partial charge >= 0.3 is 5.97 Å². The summed E-state index contributed by atoms with van der Waals surface area (Å²) in [5, 5.41) is 7.84. The number of esters is 1. The summed E-state index contributed by atoms with van der Waals surface area (Å²) in [6, 6.07) is 10.6. The molecule has 22 heavy (non-hydrogen) atoms. The van der Waals surface area contributed by atoms with Crippen LogP contribution in [0.4, 0.5) is 11.4 Å². The van der Waals surface area contributed by atoms with Crippen LogP contribution in [0.15, 0.2) is 41.8 Å². The second-order valence-electron chi connectivity index (χ2n) is 5.19. The second kappa shape index (κ2) is 6.19. The largest absolute Gasteiger partial charge is 0.461 e. The number of carbonyl (C=O) groups is 2. The van der Waals surface area contributed by atoms with Crippen molar-refractivity contribution in [2.75, 3.05) is 10.6 Å². The van der Waals surface area contributed by atoms with Gasteiger partial charge in [-0.25, -0.2) is 4.79 Å². The van der Waals surface area contributed by atoms with Crippen LogP contribution < -0.4 is 10.6 Å². The highest BCUT2D eigenvalue weighted by atomic mass is 32.1. The zero-order valence-corrected chi connectivity index (χ0v) is 12.9. The molecule has 6 heteroatoms. The molecule has 2 heterocycles. The fourth-order valence-electron chi connectivity index (χ4n) is 2.33. The first-order valence-electron chi connectivity index (χ1n) is 7.04. The number of thiophene rings is 1. The fourth-order valence-corrected chi connectivity index (χ4v) is 2.94. The lowest BCUT2D eigenvalue weighted by Gasteiger charge is -2.11. The Kier molecular flexibility index (Phi) is 4.11. The quantitative estimate of drug-likeness (QED) is 0.851. The topological polar surface area (TPSA) is 67.4 Å². The third-order valence-electron chi connectivity index (χ3n) is 3.40. The second-order valence-corrected chi connectivity index (χ2v) is 6.14. The first-order valence-corrected chi connectivity index (χ1v) is 7.92. The van der Waals surface area contributed by atoms with Gasteiger partial charge in [0.15, 0.2) is 0 Å². The summed E-state index contributed by atoms with van der Waals surface area (Å²) < 4.78 is 5.11. The SMILES string of the molecule is C[C@@H]1C[C@@H](Nc2ccc(NC(=O)c3cccs3)cc2)C(=O)O1. The van der Waals surface area contributed by atoms with Crippen molar-refractivity contribution in [1.29, 1.82) is 0 Å². The highest BCUT2D eigenvalue weighted by molar-refractivity contribution is 7.12. The number of ether oxygens (including phenoxy) is 1. The van der Waals surface area contributed by atoms with E-state index in [1.165, 1.54) is 11.3 Å². The average Bonchev–Trinajstić information content (AvgIpc) is 3.12. The van der Waals surface area contributed by atoms with Gasteiger partial charge in [-0.15, -0.1) is 11.3 Å². The molecule has 0 bridgehead atoms. The molecule has 1 saturated heterocycles. The summed E-state index contributed by atoms with van der Waals surface area (Å²) in [6.45, 7) is 1.88. The number of carbonyl (C=O) groups excluding carboxylic acids is 2. The maximum Gasteiger partial charge on any atom is 0.328 e. The van der Waals surface area contributed by atoms with Crippen molar-refractivity contribution in [3.8, 4) is 0 Å². The number of hydrogen-bond acceptors (Lipinski definition) is 5. The normalized spacial score (nSPS) is 20.5. The Morgan fingerprint density at radius 2 is 1.95 bits per heavy atom. The molecule has 0 saturated carbocycles. The number of amides is 1. The lowest BCUT2D eigenvalue weighted by atomic mass is 10.1. The molecule has 0 radical (unpaired) electrons. The van der Waals surface area contributed by atoms with Crippen LogP contribution in [0.5, 0.6) is 0 Å². The number of benzene rings is 1. The summed E-state index contributed by atoms with van der Waals surface area (Å²) in [5.74, 6) is -0.341. The van der Waals surface area contributed by atoms with Crippen molar-refractivity contribution in [2.24, 2.45) is 0 Å². The van der Waals surface area contributed by atoms with Gasteiger partial charge in [-0.05, 0) is 42.6 Å². The van der Waals surface area contributed by atoms with Crippen LogP contribution in [0.25, 0.3) is 0 Å². The minimum absolute atomic E-state index is 0.0469. The van der Waals surface area contributed by atoms with Crippen LogP contribution in [-0.2, 0) is 9.53 Å². The van der Waals surface area contributed by atoms with Gasteiger partial charge in [-0.1, -0.05) is 6.07 Å². The molecule has 0 spiro atoms. The Morgan fingerprint density at radius 1 is 1.23 bits per heavy atom. The van der Waals surface area contributed by atoms with Crippen molar-refractivity contribution in [3.63, 3.8) is 0 Å². The Labute approximate surface area is 132 Å². The molecule has 1 amide bonds. The van der Waals surface area contributed by atoms with E-state index in [0.717, 1.165) is 5.69 Å². The van der Waals surface area contributed by atoms with Crippen LogP contribution in [0.2, 0.25) is 0 Å². The van der Waals surface area contributed by atoms with Crippen molar-refractivity contribution in [1.82, 2.24) is 0 Å². The monoisotopic (exact) mass is 316 g/mol. The maximum absolute atomic E-state index is 11.9. The minimum atomic E-state index is -0.304. The van der Waals surface area contributed by atoms with Crippen LogP contribution in [0, 0.1) is 0 Å². The van der Waals surface area contributed by atoms with Crippen LogP contribution in [0.3, 0.4) is 0 Å². The summed E-state index contributed by atoms with van der Waals surface area (Å²) in [4.78, 5) is 24.2. The number of nitrogens with one attached hydrogen (secondary N) is 2. The van der Waals surface area contributed by atoms with Gasteiger partial charge in [0, 0.05) is 17.8 Å².